The van der Waals surface area contributed by atoms with Gasteiger partial charge in [-0.3, -0.25) is 9.59 Å². The van der Waals surface area contributed by atoms with E-state index in [-0.39, 0.29) is 55.2 Å². The monoisotopic (exact) mass is 714 g/mol. The van der Waals surface area contributed by atoms with Crippen molar-refractivity contribution in [2.75, 3.05) is 10.6 Å². The van der Waals surface area contributed by atoms with Gasteiger partial charge in [0.1, 0.15) is 0 Å². The summed E-state index contributed by atoms with van der Waals surface area (Å²) < 4.78 is 80.7. The molecule has 0 bridgehead atoms. The van der Waals surface area contributed by atoms with Crippen molar-refractivity contribution in [3.63, 3.8) is 0 Å². The van der Waals surface area contributed by atoms with E-state index in [4.69, 9.17) is 0 Å². The second-order valence-electron chi connectivity index (χ2n) is 11.8. The van der Waals surface area contributed by atoms with Crippen LogP contribution < -0.4 is 10.6 Å². The molecule has 0 unspecified atom stereocenters. The van der Waals surface area contributed by atoms with Gasteiger partial charge < -0.3 is 20.8 Å². The molecule has 8 nitrogen and oxygen atoms in total. The predicted molar refractivity (Wildman–Crippen MR) is 180 cm³/mol. The SMILES string of the molecule is O=C(O)c1ccc2c3ccc(C(=O)Nc4cccc(C(F)(F)F)c4)c4c(C(=O)Nc5cccc(C(F)(F)F)c5)ccc(c5ccc(C(=O)O)c1c25)c43. The highest BCUT2D eigenvalue weighted by Crippen LogP contribution is 2.44. The smallest absolute Gasteiger partial charge is 0.416 e. The Balaban J connectivity index is 1.50. The fourth-order valence-electron chi connectivity index (χ4n) is 6.57. The molecule has 2 amide bonds. The Hall–Kier alpha value is -6.70. The summed E-state index contributed by atoms with van der Waals surface area (Å²) in [5.41, 5.74) is -3.43. The molecule has 0 saturated carbocycles. The topological polar surface area (TPSA) is 133 Å². The first-order chi connectivity index (χ1) is 24.5. The van der Waals surface area contributed by atoms with Gasteiger partial charge in [0.15, 0.2) is 0 Å². The van der Waals surface area contributed by atoms with E-state index in [0.717, 1.165) is 36.4 Å². The van der Waals surface area contributed by atoms with E-state index >= 15 is 0 Å². The first-order valence-corrected chi connectivity index (χ1v) is 15.2. The van der Waals surface area contributed by atoms with E-state index < -0.39 is 47.2 Å². The minimum absolute atomic E-state index is 0.0209. The van der Waals surface area contributed by atoms with Crippen LogP contribution in [0.2, 0.25) is 0 Å². The number of carboxylic acid groups (broad SMARTS) is 2. The lowest BCUT2D eigenvalue weighted by Crippen LogP contribution is -2.17. The molecule has 52 heavy (non-hydrogen) atoms. The van der Waals surface area contributed by atoms with E-state index in [9.17, 15) is 55.7 Å². The fourth-order valence-corrected chi connectivity index (χ4v) is 6.57. The summed E-state index contributed by atoms with van der Waals surface area (Å²) >= 11 is 0. The van der Waals surface area contributed by atoms with Crippen LogP contribution in [0.15, 0.2) is 97.1 Å². The molecule has 7 aromatic carbocycles. The largest absolute Gasteiger partial charge is 0.478 e. The van der Waals surface area contributed by atoms with Gasteiger partial charge in [-0.1, -0.05) is 36.4 Å². The van der Waals surface area contributed by atoms with Crippen molar-refractivity contribution in [3.05, 3.63) is 130 Å². The standard InChI is InChI=1S/C38H20F6N2O6/c39-37(40,41)17-3-1-5-19(15-17)45-33(47)25-11-7-21-23-9-13-27(35(49)50)32-28(36(51)52)14-10-24(30(23)32)22-8-12-26(31(25)29(21)22)34(48)46-20-6-2-4-18(16-20)38(42,43)44/h1-16H,(H,45,47)(H,46,48)(H,49,50)(H,51,52). The Bertz CT molecular complexity index is 2490. The number of nitrogens with one attached hydrogen (secondary N) is 2. The summed E-state index contributed by atoms with van der Waals surface area (Å²) in [6.07, 6.45) is -9.43. The molecule has 0 aromatic heterocycles. The molecule has 0 heterocycles. The lowest BCUT2D eigenvalue weighted by molar-refractivity contribution is -0.138. The maximum Gasteiger partial charge on any atom is 0.416 e. The average Bonchev–Trinajstić information content (AvgIpc) is 3.09. The van der Waals surface area contributed by atoms with Gasteiger partial charge in [-0.05, 0) is 93.0 Å². The normalized spacial score (nSPS) is 12.1. The summed E-state index contributed by atoms with van der Waals surface area (Å²) in [5, 5.41) is 26.7. The Morgan fingerprint density at radius 2 is 0.769 bits per heavy atom. The molecule has 0 aliphatic rings. The highest BCUT2D eigenvalue weighted by atomic mass is 19.4. The van der Waals surface area contributed by atoms with E-state index in [1.54, 1.807) is 0 Å². The number of hydrogen-bond donors (Lipinski definition) is 4. The van der Waals surface area contributed by atoms with Crippen LogP contribution in [-0.2, 0) is 12.4 Å². The minimum atomic E-state index is -4.72. The quantitative estimate of drug-likeness (QED) is 0.0771. The van der Waals surface area contributed by atoms with Crippen LogP contribution in [0.4, 0.5) is 37.7 Å². The van der Waals surface area contributed by atoms with Crippen LogP contribution >= 0.6 is 0 Å². The summed E-state index contributed by atoms with van der Waals surface area (Å²) in [6, 6.07) is 18.7. The van der Waals surface area contributed by atoms with Gasteiger partial charge in [0.05, 0.1) is 22.3 Å². The minimum Gasteiger partial charge on any atom is -0.478 e. The molecule has 7 rings (SSSR count). The third-order valence-electron chi connectivity index (χ3n) is 8.75. The Morgan fingerprint density at radius 1 is 0.442 bits per heavy atom. The highest BCUT2D eigenvalue weighted by molar-refractivity contribution is 6.39. The van der Waals surface area contributed by atoms with Crippen molar-refractivity contribution in [3.8, 4) is 0 Å². The van der Waals surface area contributed by atoms with Gasteiger partial charge in [-0.15, -0.1) is 0 Å². The van der Waals surface area contributed by atoms with Gasteiger partial charge in [0.25, 0.3) is 11.8 Å². The molecule has 0 saturated heterocycles. The number of aromatic carboxylic acids is 2. The Kier molecular flexibility index (Phi) is 7.78. The lowest BCUT2D eigenvalue weighted by Gasteiger charge is -2.20. The molecular formula is C38H20F6N2O6. The highest BCUT2D eigenvalue weighted by Gasteiger charge is 2.32. The summed E-state index contributed by atoms with van der Waals surface area (Å²) in [7, 11) is 0. The second kappa shape index (κ2) is 12.0. The molecule has 0 radical (unpaired) electrons. The maximum absolute atomic E-state index is 13.9. The number of anilines is 2. The lowest BCUT2D eigenvalue weighted by atomic mass is 9.84. The van der Waals surface area contributed by atoms with Gasteiger partial charge in [-0.2, -0.15) is 26.3 Å². The van der Waals surface area contributed by atoms with Crippen molar-refractivity contribution in [1.82, 2.24) is 0 Å². The summed E-state index contributed by atoms with van der Waals surface area (Å²) in [6.45, 7) is 0. The van der Waals surface area contributed by atoms with E-state index in [1.165, 1.54) is 60.7 Å². The van der Waals surface area contributed by atoms with Gasteiger partial charge in [0.2, 0.25) is 0 Å². The van der Waals surface area contributed by atoms with Crippen LogP contribution in [-0.4, -0.2) is 34.0 Å². The van der Waals surface area contributed by atoms with E-state index in [2.05, 4.69) is 10.6 Å². The third kappa shape index (κ3) is 5.63. The molecular weight excluding hydrogens is 694 g/mol. The Morgan fingerprint density at radius 3 is 1.10 bits per heavy atom. The third-order valence-corrected chi connectivity index (χ3v) is 8.75. The van der Waals surface area contributed by atoms with Crippen molar-refractivity contribution < 1.29 is 55.7 Å². The molecule has 14 heteroatoms. The number of hydrogen-bond acceptors (Lipinski definition) is 4. The number of carbonyl (C=O) groups is 4. The van der Waals surface area contributed by atoms with Crippen LogP contribution in [0.3, 0.4) is 0 Å². The number of carboxylic acids is 2. The number of carbonyl (C=O) groups excluding carboxylic acids is 2. The average molecular weight is 715 g/mol. The van der Waals surface area contributed by atoms with Crippen LogP contribution in [0, 0.1) is 0 Å². The fraction of sp³-hybridized carbons (Fsp3) is 0.0526. The summed E-state index contributed by atoms with van der Waals surface area (Å²) in [4.78, 5) is 52.3. The molecule has 0 aliphatic carbocycles. The molecule has 0 fully saturated rings. The zero-order valence-corrected chi connectivity index (χ0v) is 26.0. The van der Waals surface area contributed by atoms with Crippen molar-refractivity contribution in [2.45, 2.75) is 12.4 Å². The number of fused-ring (bicyclic) bond motifs is 2. The number of alkyl halides is 6. The predicted octanol–water partition coefficient (Wildman–Crippen LogP) is 9.68. The second-order valence-corrected chi connectivity index (χ2v) is 11.8. The number of rotatable bonds is 6. The first-order valence-electron chi connectivity index (χ1n) is 15.2. The van der Waals surface area contributed by atoms with Crippen LogP contribution in [0.5, 0.6) is 0 Å². The number of benzene rings is 7. The molecule has 260 valence electrons. The van der Waals surface area contributed by atoms with Crippen LogP contribution in [0.1, 0.15) is 52.6 Å². The Labute approximate surface area is 287 Å². The van der Waals surface area contributed by atoms with Gasteiger partial charge in [0, 0.05) is 33.3 Å². The van der Waals surface area contributed by atoms with Crippen molar-refractivity contribution >= 4 is 78.2 Å². The number of halogens is 6. The number of amides is 2. The van der Waals surface area contributed by atoms with E-state index in [0.29, 0.717) is 21.5 Å². The molecule has 7 aromatic rings. The maximum atomic E-state index is 13.9. The van der Waals surface area contributed by atoms with Gasteiger partial charge >= 0.3 is 24.3 Å². The molecule has 0 aliphatic heterocycles. The van der Waals surface area contributed by atoms with Crippen molar-refractivity contribution in [1.29, 1.82) is 0 Å². The molecule has 0 atom stereocenters. The molecule has 0 spiro atoms. The first kappa shape index (κ1) is 33.8. The van der Waals surface area contributed by atoms with Crippen molar-refractivity contribution in [2.24, 2.45) is 0 Å². The zero-order valence-electron chi connectivity index (χ0n) is 26.0. The zero-order chi connectivity index (χ0) is 37.3. The van der Waals surface area contributed by atoms with E-state index in [1.807, 2.05) is 0 Å². The molecule has 4 N–H and O–H groups in total. The van der Waals surface area contributed by atoms with Gasteiger partial charge in [-0.25, -0.2) is 9.59 Å². The van der Waals surface area contributed by atoms with Crippen LogP contribution in [0.25, 0.3) is 43.1 Å². The summed E-state index contributed by atoms with van der Waals surface area (Å²) in [5.74, 6) is -4.61.